The Morgan fingerprint density at radius 3 is 2.92 bits per heavy atom. The van der Waals surface area contributed by atoms with Gasteiger partial charge in [0.15, 0.2) is 5.13 Å². The van der Waals surface area contributed by atoms with Gasteiger partial charge in [0.25, 0.3) is 0 Å². The molecule has 7 heteroatoms. The highest BCUT2D eigenvalue weighted by atomic mass is 32.1. The van der Waals surface area contributed by atoms with Crippen LogP contribution in [0.5, 0.6) is 5.75 Å². The van der Waals surface area contributed by atoms with Crippen LogP contribution in [0.25, 0.3) is 11.3 Å². The topological polar surface area (TPSA) is 75.2 Å². The van der Waals surface area contributed by atoms with E-state index in [2.05, 4.69) is 10.1 Å². The molecule has 0 bridgehead atoms. The van der Waals surface area contributed by atoms with Gasteiger partial charge in [-0.3, -0.25) is 4.68 Å². The lowest BCUT2D eigenvalue weighted by Gasteiger charge is -2.08. The van der Waals surface area contributed by atoms with E-state index in [1.807, 2.05) is 42.1 Å². The Bertz CT molecular complexity index is 869. The van der Waals surface area contributed by atoms with Crippen molar-refractivity contribution in [2.45, 2.75) is 26.2 Å². The molecule has 0 radical (unpaired) electrons. The standard InChI is InChI=1S/C17H18N4O2S/c1-10-16-15(19-17(18)24-16)13-8-21(20-14(13)9-23-10)7-11-3-5-12(22-2)6-4-11/h3-6,8,10H,7,9H2,1-2H3,(H2,18,19). The quantitative estimate of drug-likeness (QED) is 0.791. The summed E-state index contributed by atoms with van der Waals surface area (Å²) in [4.78, 5) is 5.56. The van der Waals surface area contributed by atoms with Gasteiger partial charge < -0.3 is 15.2 Å². The molecule has 0 amide bonds. The molecule has 0 spiro atoms. The van der Waals surface area contributed by atoms with E-state index in [1.165, 1.54) is 11.3 Å². The molecule has 2 N–H and O–H groups in total. The van der Waals surface area contributed by atoms with E-state index in [-0.39, 0.29) is 6.10 Å². The van der Waals surface area contributed by atoms with Crippen molar-refractivity contribution in [1.29, 1.82) is 0 Å². The predicted octanol–water partition coefficient (Wildman–Crippen LogP) is 3.24. The lowest BCUT2D eigenvalue weighted by Crippen LogP contribution is -2.03. The molecule has 3 aromatic rings. The zero-order chi connectivity index (χ0) is 16.7. The Kier molecular flexibility index (Phi) is 3.74. The minimum absolute atomic E-state index is 0.0148. The number of nitrogens with zero attached hydrogens (tertiary/aromatic N) is 3. The average Bonchev–Trinajstić information content (AvgIpc) is 3.14. The summed E-state index contributed by atoms with van der Waals surface area (Å²) in [7, 11) is 1.66. The Morgan fingerprint density at radius 2 is 2.17 bits per heavy atom. The van der Waals surface area contributed by atoms with Gasteiger partial charge in [-0.25, -0.2) is 4.98 Å². The maximum absolute atomic E-state index is 5.90. The van der Waals surface area contributed by atoms with Gasteiger partial charge >= 0.3 is 0 Å². The highest BCUT2D eigenvalue weighted by Crippen LogP contribution is 2.40. The fraction of sp³-hybridized carbons (Fsp3) is 0.294. The molecule has 1 atom stereocenters. The Balaban J connectivity index is 1.67. The molecular weight excluding hydrogens is 324 g/mol. The summed E-state index contributed by atoms with van der Waals surface area (Å²) < 4.78 is 13.0. The molecule has 0 saturated heterocycles. The first-order valence-electron chi connectivity index (χ1n) is 7.71. The zero-order valence-corrected chi connectivity index (χ0v) is 14.3. The molecule has 3 heterocycles. The third kappa shape index (κ3) is 2.65. The molecule has 1 aliphatic rings. The highest BCUT2D eigenvalue weighted by molar-refractivity contribution is 7.15. The first-order chi connectivity index (χ1) is 11.6. The molecule has 124 valence electrons. The number of nitrogen functional groups attached to an aromatic ring is 1. The zero-order valence-electron chi connectivity index (χ0n) is 13.5. The SMILES string of the molecule is COc1ccc(Cn2cc3c(n2)COC(C)c2sc(N)nc2-3)cc1. The number of benzene rings is 1. The number of hydrogen-bond acceptors (Lipinski definition) is 6. The van der Waals surface area contributed by atoms with Crippen molar-refractivity contribution in [2.75, 3.05) is 12.8 Å². The van der Waals surface area contributed by atoms with Crippen molar-refractivity contribution in [1.82, 2.24) is 14.8 Å². The Labute approximate surface area is 143 Å². The summed E-state index contributed by atoms with van der Waals surface area (Å²) >= 11 is 1.48. The number of methoxy groups -OCH3 is 1. The second-order valence-electron chi connectivity index (χ2n) is 5.75. The van der Waals surface area contributed by atoms with Gasteiger partial charge in [0.05, 0.1) is 42.6 Å². The van der Waals surface area contributed by atoms with Crippen LogP contribution >= 0.6 is 11.3 Å². The van der Waals surface area contributed by atoms with Crippen LogP contribution in [0.2, 0.25) is 0 Å². The summed E-state index contributed by atoms with van der Waals surface area (Å²) in [6, 6.07) is 7.98. The van der Waals surface area contributed by atoms with Crippen LogP contribution in [-0.4, -0.2) is 21.9 Å². The van der Waals surface area contributed by atoms with E-state index in [0.29, 0.717) is 18.3 Å². The van der Waals surface area contributed by atoms with Crippen LogP contribution in [0.4, 0.5) is 5.13 Å². The summed E-state index contributed by atoms with van der Waals surface area (Å²) in [5.41, 5.74) is 9.87. The molecular formula is C17H18N4O2S. The van der Waals surface area contributed by atoms with Crippen LogP contribution < -0.4 is 10.5 Å². The summed E-state index contributed by atoms with van der Waals surface area (Å²) in [5.74, 6) is 0.847. The highest BCUT2D eigenvalue weighted by Gasteiger charge is 2.26. The van der Waals surface area contributed by atoms with Crippen molar-refractivity contribution in [3.8, 4) is 17.0 Å². The first kappa shape index (κ1) is 15.2. The van der Waals surface area contributed by atoms with Gasteiger partial charge in [-0.15, -0.1) is 0 Å². The van der Waals surface area contributed by atoms with E-state index in [4.69, 9.17) is 15.2 Å². The van der Waals surface area contributed by atoms with E-state index in [9.17, 15) is 0 Å². The maximum atomic E-state index is 5.90. The van der Waals surface area contributed by atoms with Crippen molar-refractivity contribution in [2.24, 2.45) is 0 Å². The first-order valence-corrected chi connectivity index (χ1v) is 8.53. The van der Waals surface area contributed by atoms with Crippen LogP contribution in [0.15, 0.2) is 30.5 Å². The third-order valence-electron chi connectivity index (χ3n) is 4.11. The van der Waals surface area contributed by atoms with E-state index >= 15 is 0 Å². The minimum atomic E-state index is -0.0148. The van der Waals surface area contributed by atoms with Gasteiger partial charge in [-0.05, 0) is 24.6 Å². The van der Waals surface area contributed by atoms with Crippen molar-refractivity contribution in [3.63, 3.8) is 0 Å². The molecule has 1 aromatic carbocycles. The van der Waals surface area contributed by atoms with Crippen molar-refractivity contribution >= 4 is 16.5 Å². The average molecular weight is 342 g/mol. The van der Waals surface area contributed by atoms with Gasteiger partial charge in [-0.2, -0.15) is 5.10 Å². The number of hydrogen-bond donors (Lipinski definition) is 1. The second kappa shape index (κ2) is 5.92. The minimum Gasteiger partial charge on any atom is -0.497 e. The molecule has 0 fully saturated rings. The normalized spacial score (nSPS) is 16.3. The van der Waals surface area contributed by atoms with Crippen LogP contribution in [0, 0.1) is 0 Å². The third-order valence-corrected chi connectivity index (χ3v) is 5.15. The summed E-state index contributed by atoms with van der Waals surface area (Å²) in [6.45, 7) is 3.18. The molecule has 0 aliphatic carbocycles. The van der Waals surface area contributed by atoms with Crippen molar-refractivity contribution < 1.29 is 9.47 Å². The predicted molar refractivity (Wildman–Crippen MR) is 93.0 cm³/mol. The number of nitrogens with two attached hydrogens (primary N) is 1. The Morgan fingerprint density at radius 1 is 1.38 bits per heavy atom. The smallest absolute Gasteiger partial charge is 0.180 e. The van der Waals surface area contributed by atoms with Crippen LogP contribution in [0.3, 0.4) is 0 Å². The van der Waals surface area contributed by atoms with Gasteiger partial charge in [0.1, 0.15) is 5.75 Å². The molecule has 1 aliphatic heterocycles. The van der Waals surface area contributed by atoms with Gasteiger partial charge in [0, 0.05) is 11.8 Å². The Hall–Kier alpha value is -2.38. The van der Waals surface area contributed by atoms with E-state index in [1.54, 1.807) is 7.11 Å². The van der Waals surface area contributed by atoms with Gasteiger partial charge in [0.2, 0.25) is 0 Å². The number of rotatable bonds is 3. The van der Waals surface area contributed by atoms with E-state index < -0.39 is 0 Å². The molecule has 4 rings (SSSR count). The number of anilines is 1. The summed E-state index contributed by atoms with van der Waals surface area (Å²) in [5, 5.41) is 5.24. The molecule has 0 saturated carbocycles. The van der Waals surface area contributed by atoms with E-state index in [0.717, 1.165) is 33.1 Å². The van der Waals surface area contributed by atoms with Crippen LogP contribution in [-0.2, 0) is 17.9 Å². The largest absolute Gasteiger partial charge is 0.497 e. The monoisotopic (exact) mass is 342 g/mol. The fourth-order valence-electron chi connectivity index (χ4n) is 2.86. The van der Waals surface area contributed by atoms with Crippen molar-refractivity contribution in [3.05, 3.63) is 46.6 Å². The number of ether oxygens (including phenoxy) is 2. The lowest BCUT2D eigenvalue weighted by atomic mass is 10.1. The second-order valence-corrected chi connectivity index (χ2v) is 6.82. The maximum Gasteiger partial charge on any atom is 0.180 e. The fourth-order valence-corrected chi connectivity index (χ4v) is 3.71. The summed E-state index contributed by atoms with van der Waals surface area (Å²) in [6.07, 6.45) is 2.01. The number of thiazole rings is 1. The molecule has 24 heavy (non-hydrogen) atoms. The molecule has 1 unspecified atom stereocenters. The molecule has 6 nitrogen and oxygen atoms in total. The lowest BCUT2D eigenvalue weighted by molar-refractivity contribution is 0.0548. The van der Waals surface area contributed by atoms with Crippen LogP contribution in [0.1, 0.15) is 29.2 Å². The number of aromatic nitrogens is 3. The van der Waals surface area contributed by atoms with Gasteiger partial charge in [-0.1, -0.05) is 23.5 Å². The number of fused-ring (bicyclic) bond motifs is 3. The molecule has 2 aromatic heterocycles.